The van der Waals surface area contributed by atoms with Crippen LogP contribution >= 0.6 is 11.6 Å². The van der Waals surface area contributed by atoms with Crippen molar-refractivity contribution in [3.05, 3.63) is 76.7 Å². The quantitative estimate of drug-likeness (QED) is 0.214. The van der Waals surface area contributed by atoms with E-state index >= 15 is 0 Å². The molecule has 7 rings (SSSR count). The van der Waals surface area contributed by atoms with Crippen LogP contribution in [0.2, 0.25) is 5.02 Å². The number of amides is 4. The summed E-state index contributed by atoms with van der Waals surface area (Å²) in [5.41, 5.74) is 6.32. The van der Waals surface area contributed by atoms with Crippen LogP contribution in [0.1, 0.15) is 104 Å². The molecule has 3 N–H and O–H groups in total. The minimum absolute atomic E-state index is 0.0780. The van der Waals surface area contributed by atoms with E-state index in [2.05, 4.69) is 45.0 Å². The van der Waals surface area contributed by atoms with Crippen LogP contribution in [0.15, 0.2) is 54.9 Å². The number of carbonyl (C=O) groups excluding carboxylic acids is 4. The van der Waals surface area contributed by atoms with Crippen molar-refractivity contribution in [3.63, 3.8) is 0 Å². The Labute approximate surface area is 344 Å². The maximum atomic E-state index is 14.2. The molecule has 14 nitrogen and oxygen atoms in total. The molecular formula is C43H51ClN8O6. The van der Waals surface area contributed by atoms with Crippen molar-refractivity contribution < 1.29 is 28.7 Å². The fraction of sp³-hybridized carbons (Fsp3) is 0.512. The number of nitrogens with zero attached hydrogens (tertiary/aromatic N) is 6. The Balaban J connectivity index is 0.916. The zero-order valence-corrected chi connectivity index (χ0v) is 33.8. The summed E-state index contributed by atoms with van der Waals surface area (Å²) < 4.78 is 12.6. The summed E-state index contributed by atoms with van der Waals surface area (Å²) in [5, 5.41) is 12.0. The zero-order chi connectivity index (χ0) is 40.9. The molecule has 4 aliphatic rings. The van der Waals surface area contributed by atoms with Gasteiger partial charge in [-0.2, -0.15) is 5.26 Å². The number of nitrogens with one attached hydrogen (secondary N) is 1. The molecule has 2 aliphatic carbocycles. The number of rotatable bonds is 13. The first-order valence-corrected chi connectivity index (χ1v) is 20.8. The summed E-state index contributed by atoms with van der Waals surface area (Å²) >= 11 is 6.21. The Morgan fingerprint density at radius 2 is 1.62 bits per heavy atom. The number of anilines is 1. The first kappa shape index (κ1) is 40.9. The van der Waals surface area contributed by atoms with Crippen molar-refractivity contribution in [2.24, 2.45) is 11.7 Å². The van der Waals surface area contributed by atoms with E-state index in [9.17, 15) is 24.4 Å². The number of primary amides is 1. The number of carbonyl (C=O) groups is 4. The van der Waals surface area contributed by atoms with E-state index in [1.807, 2.05) is 12.1 Å². The summed E-state index contributed by atoms with van der Waals surface area (Å²) in [7, 11) is 0. The molecule has 1 atom stereocenters. The van der Waals surface area contributed by atoms with Gasteiger partial charge in [0.2, 0.25) is 11.8 Å². The number of benzene rings is 2. The van der Waals surface area contributed by atoms with Crippen LogP contribution in [0.5, 0.6) is 11.5 Å². The largest absolute Gasteiger partial charge is 0.490 e. The Morgan fingerprint density at radius 1 is 0.931 bits per heavy atom. The van der Waals surface area contributed by atoms with Crippen molar-refractivity contribution in [1.29, 1.82) is 5.26 Å². The van der Waals surface area contributed by atoms with Gasteiger partial charge in [0, 0.05) is 68.7 Å². The third-order valence-electron chi connectivity index (χ3n) is 12.1. The third kappa shape index (κ3) is 9.54. The van der Waals surface area contributed by atoms with Crippen LogP contribution in [-0.2, 0) is 9.59 Å². The predicted octanol–water partition coefficient (Wildman–Crippen LogP) is 5.27. The summed E-state index contributed by atoms with van der Waals surface area (Å²) in [6.07, 6.45) is 9.99. The lowest BCUT2D eigenvalue weighted by atomic mass is 9.85. The Kier molecular flexibility index (Phi) is 12.8. The molecule has 4 fully saturated rings. The molecule has 58 heavy (non-hydrogen) atoms. The zero-order valence-electron chi connectivity index (χ0n) is 33.0. The third-order valence-corrected chi connectivity index (χ3v) is 12.4. The van der Waals surface area contributed by atoms with Crippen LogP contribution < -0.4 is 25.4 Å². The smallest absolute Gasteiger partial charge is 0.268 e. The first-order chi connectivity index (χ1) is 27.9. The number of piperidine rings is 2. The molecule has 306 valence electrons. The van der Waals surface area contributed by atoms with Crippen LogP contribution in [0.25, 0.3) is 0 Å². The van der Waals surface area contributed by atoms with Gasteiger partial charge in [-0.25, -0.2) is 9.97 Å². The highest BCUT2D eigenvalue weighted by Crippen LogP contribution is 2.35. The van der Waals surface area contributed by atoms with Crippen LogP contribution in [0.3, 0.4) is 0 Å². The molecule has 2 saturated heterocycles. The number of hydrogen-bond acceptors (Lipinski definition) is 11. The highest BCUT2D eigenvalue weighted by atomic mass is 35.5. The van der Waals surface area contributed by atoms with Crippen molar-refractivity contribution in [3.8, 4) is 17.6 Å². The molecule has 2 aliphatic heterocycles. The summed E-state index contributed by atoms with van der Waals surface area (Å²) in [5.74, 6) is 1.01. The SMILES string of the molecule is CC(C)N(CC1CCN(c2cnc(C(N)=O)cn2)CC1)C1CC(Oc2ccc(C(=O)N(C3CCC(Oc4ccc(C#N)c(Cl)c4)CC3)C3CCC(=O)NC3=O)cc2)C1. The lowest BCUT2D eigenvalue weighted by Gasteiger charge is -2.46. The molecule has 1 unspecified atom stereocenters. The van der Waals surface area contributed by atoms with Crippen molar-refractivity contribution in [1.82, 2.24) is 25.1 Å². The fourth-order valence-corrected chi connectivity index (χ4v) is 8.97. The maximum absolute atomic E-state index is 14.2. The molecule has 2 saturated carbocycles. The normalized spacial score (nSPS) is 23.8. The molecule has 3 heterocycles. The van der Waals surface area contributed by atoms with E-state index in [1.165, 1.54) is 6.20 Å². The molecule has 2 aromatic carbocycles. The summed E-state index contributed by atoms with van der Waals surface area (Å²) in [6.45, 7) is 7.29. The number of aromatic nitrogens is 2. The van der Waals surface area contributed by atoms with E-state index in [1.54, 1.807) is 41.4 Å². The van der Waals surface area contributed by atoms with Crippen LogP contribution in [0, 0.1) is 17.2 Å². The molecule has 0 spiro atoms. The van der Waals surface area contributed by atoms with Gasteiger partial charge in [0.25, 0.3) is 11.8 Å². The number of nitrogens with two attached hydrogens (primary N) is 1. The van der Waals surface area contributed by atoms with Crippen LogP contribution in [0.4, 0.5) is 5.82 Å². The number of nitriles is 1. The topological polar surface area (TPSA) is 184 Å². The predicted molar refractivity (Wildman–Crippen MR) is 216 cm³/mol. The second-order valence-corrected chi connectivity index (χ2v) is 16.6. The minimum Gasteiger partial charge on any atom is -0.490 e. The van der Waals surface area contributed by atoms with Crippen molar-refractivity contribution in [2.45, 2.75) is 114 Å². The van der Waals surface area contributed by atoms with Gasteiger partial charge in [0.15, 0.2) is 0 Å². The standard InChI is InChI=1S/C43H51ClN8O6/c1-26(2)51(25-27-15-17-50(18-16-27)39-24-47-37(23-48-39)41(46)54)31-19-35(20-31)58-32-8-3-28(4-9-32)43(56)52(38-13-14-40(53)49-42(38)55)30-6-11-33(12-7-30)57-34-10-5-29(22-45)36(44)21-34/h3-5,8-10,21,23-24,26-27,30-31,33,35,38H,6-7,11-20,25H2,1-2H3,(H2,46,54)(H,49,53,55). The Morgan fingerprint density at radius 3 is 2.22 bits per heavy atom. The number of ether oxygens (including phenoxy) is 2. The average molecular weight is 811 g/mol. The van der Waals surface area contributed by atoms with Gasteiger partial charge in [-0.3, -0.25) is 29.4 Å². The molecule has 0 bridgehead atoms. The van der Waals surface area contributed by atoms with Gasteiger partial charge < -0.3 is 25.0 Å². The molecule has 3 aromatic rings. The van der Waals surface area contributed by atoms with E-state index in [0.29, 0.717) is 71.3 Å². The second-order valence-electron chi connectivity index (χ2n) is 16.2. The second kappa shape index (κ2) is 18.1. The lowest BCUT2D eigenvalue weighted by molar-refractivity contribution is -0.137. The molecule has 1 aromatic heterocycles. The highest BCUT2D eigenvalue weighted by Gasteiger charge is 2.41. The van der Waals surface area contributed by atoms with Crippen molar-refractivity contribution in [2.75, 3.05) is 24.5 Å². The van der Waals surface area contributed by atoms with Gasteiger partial charge in [0.1, 0.15) is 41.2 Å². The molecule has 15 heteroatoms. The Bertz CT molecular complexity index is 2000. The summed E-state index contributed by atoms with van der Waals surface area (Å²) in [4.78, 5) is 65.8. The van der Waals surface area contributed by atoms with Gasteiger partial charge in [-0.15, -0.1) is 0 Å². The van der Waals surface area contributed by atoms with Gasteiger partial charge in [-0.05, 0) is 101 Å². The average Bonchev–Trinajstić information content (AvgIpc) is 3.20. The van der Waals surface area contributed by atoms with E-state index in [0.717, 1.165) is 51.1 Å². The minimum atomic E-state index is -0.750. The van der Waals surface area contributed by atoms with Gasteiger partial charge in [-0.1, -0.05) is 11.6 Å². The van der Waals surface area contributed by atoms with Gasteiger partial charge >= 0.3 is 0 Å². The Hall–Kier alpha value is -5.26. The lowest BCUT2D eigenvalue weighted by Crippen LogP contribution is -2.58. The van der Waals surface area contributed by atoms with E-state index in [-0.39, 0.29) is 48.6 Å². The number of halogens is 1. The molecule has 4 amide bonds. The van der Waals surface area contributed by atoms with Crippen LogP contribution in [-0.4, -0.2) is 99.4 Å². The summed E-state index contributed by atoms with van der Waals surface area (Å²) in [6, 6.07) is 14.1. The number of imide groups is 1. The van der Waals surface area contributed by atoms with Crippen molar-refractivity contribution >= 4 is 41.0 Å². The maximum Gasteiger partial charge on any atom is 0.268 e. The monoisotopic (exact) mass is 810 g/mol. The van der Waals surface area contributed by atoms with E-state index in [4.69, 9.17) is 26.8 Å². The molecule has 0 radical (unpaired) electrons. The number of hydrogen-bond donors (Lipinski definition) is 2. The fourth-order valence-electron chi connectivity index (χ4n) is 8.76. The van der Waals surface area contributed by atoms with Gasteiger partial charge in [0.05, 0.1) is 29.1 Å². The first-order valence-electron chi connectivity index (χ1n) is 20.4. The highest BCUT2D eigenvalue weighted by molar-refractivity contribution is 6.31. The molecular weight excluding hydrogens is 760 g/mol. The van der Waals surface area contributed by atoms with E-state index < -0.39 is 17.9 Å².